The zero-order chi connectivity index (χ0) is 18.5. The van der Waals surface area contributed by atoms with Gasteiger partial charge in [-0.3, -0.25) is 0 Å². The fraction of sp³-hybridized carbons (Fsp3) is 0.900. The Morgan fingerprint density at radius 2 is 1.25 bits per heavy atom. The van der Waals surface area contributed by atoms with Gasteiger partial charge in [0.25, 0.3) is 5.97 Å². The van der Waals surface area contributed by atoms with Crippen LogP contribution < -0.4 is 0 Å². The van der Waals surface area contributed by atoms with Gasteiger partial charge in [0.15, 0.2) is 0 Å². The van der Waals surface area contributed by atoms with Crippen LogP contribution in [0.5, 0.6) is 0 Å². The molecule has 0 aromatic carbocycles. The molecule has 0 bridgehead atoms. The van der Waals surface area contributed by atoms with Crippen molar-refractivity contribution in [2.24, 2.45) is 0 Å². The quantitative estimate of drug-likeness (QED) is 0.205. The van der Waals surface area contributed by atoms with Crippen LogP contribution in [0.4, 0.5) is 0 Å². The van der Waals surface area contributed by atoms with Crippen LogP contribution in [-0.4, -0.2) is 33.9 Å². The number of hydrogen-bond acceptors (Lipinski definition) is 4. The minimum Gasteiger partial charge on any atom is -0.502 e. The Morgan fingerprint density at radius 3 is 1.71 bits per heavy atom. The van der Waals surface area contributed by atoms with Crippen LogP contribution in [-0.2, 0) is 18.9 Å². The summed E-state index contributed by atoms with van der Waals surface area (Å²) in [5.41, 5.74) is 0. The highest BCUT2D eigenvalue weighted by Gasteiger charge is 2.28. The topological polar surface area (TPSA) is 36.9 Å². The van der Waals surface area contributed by atoms with Crippen molar-refractivity contribution in [2.75, 3.05) is 27.9 Å². The SMILES string of the molecule is CCC=COCCC.CCCCCCCCCC(OC)(OC)OC. The highest BCUT2D eigenvalue weighted by Crippen LogP contribution is 2.21. The Balaban J connectivity index is 0. The molecule has 24 heavy (non-hydrogen) atoms. The Morgan fingerprint density at radius 1 is 0.708 bits per heavy atom. The lowest BCUT2D eigenvalue weighted by atomic mass is 10.1. The number of hydrogen-bond donors (Lipinski definition) is 0. The zero-order valence-electron chi connectivity index (χ0n) is 17.1. The maximum Gasteiger partial charge on any atom is 0.282 e. The molecule has 0 radical (unpaired) electrons. The molecule has 0 rings (SSSR count). The van der Waals surface area contributed by atoms with E-state index in [4.69, 9.17) is 18.9 Å². The molecule has 0 saturated heterocycles. The first-order chi connectivity index (χ1) is 11.7. The third-order valence-electron chi connectivity index (χ3n) is 3.77. The van der Waals surface area contributed by atoms with Gasteiger partial charge in [-0.1, -0.05) is 65.4 Å². The normalized spacial score (nSPS) is 11.4. The van der Waals surface area contributed by atoms with E-state index < -0.39 is 5.97 Å². The van der Waals surface area contributed by atoms with Crippen LogP contribution in [0.3, 0.4) is 0 Å². The van der Waals surface area contributed by atoms with Crippen LogP contribution in [0.1, 0.15) is 85.0 Å². The first-order valence-electron chi connectivity index (χ1n) is 9.58. The molecular weight excluding hydrogens is 304 g/mol. The standard InChI is InChI=1S/C13H28O3.C7H14O/c1-5-6-7-8-9-10-11-12-13(14-2,15-3)16-4;1-3-5-7-8-6-4-2/h5-12H2,1-4H3;5,7H,3-4,6H2,1-2H3. The van der Waals surface area contributed by atoms with E-state index in [0.717, 1.165) is 32.3 Å². The van der Waals surface area contributed by atoms with Crippen molar-refractivity contribution in [3.05, 3.63) is 12.3 Å². The second-order valence-corrected chi connectivity index (χ2v) is 5.82. The van der Waals surface area contributed by atoms with Crippen molar-refractivity contribution in [2.45, 2.75) is 91.0 Å². The van der Waals surface area contributed by atoms with Gasteiger partial charge in [0.05, 0.1) is 12.9 Å². The molecule has 4 nitrogen and oxygen atoms in total. The molecule has 0 aromatic heterocycles. The molecule has 0 saturated carbocycles. The van der Waals surface area contributed by atoms with E-state index in [1.54, 1.807) is 27.6 Å². The van der Waals surface area contributed by atoms with Crippen LogP contribution in [0.25, 0.3) is 0 Å². The number of rotatable bonds is 15. The van der Waals surface area contributed by atoms with Crippen LogP contribution in [0.2, 0.25) is 0 Å². The summed E-state index contributed by atoms with van der Waals surface area (Å²) < 4.78 is 20.8. The van der Waals surface area contributed by atoms with Crippen molar-refractivity contribution in [1.29, 1.82) is 0 Å². The summed E-state index contributed by atoms with van der Waals surface area (Å²) in [6.07, 6.45) is 15.7. The summed E-state index contributed by atoms with van der Waals surface area (Å²) >= 11 is 0. The smallest absolute Gasteiger partial charge is 0.282 e. The number of unbranched alkanes of at least 4 members (excludes halogenated alkanes) is 6. The lowest BCUT2D eigenvalue weighted by molar-refractivity contribution is -0.355. The third kappa shape index (κ3) is 16.3. The van der Waals surface area contributed by atoms with Crippen molar-refractivity contribution in [3.8, 4) is 0 Å². The summed E-state index contributed by atoms with van der Waals surface area (Å²) in [5, 5.41) is 0. The summed E-state index contributed by atoms with van der Waals surface area (Å²) in [5.74, 6) is -0.830. The molecule has 0 amide bonds. The van der Waals surface area contributed by atoms with E-state index in [2.05, 4.69) is 20.8 Å². The second-order valence-electron chi connectivity index (χ2n) is 5.82. The molecule has 0 aliphatic carbocycles. The largest absolute Gasteiger partial charge is 0.502 e. The Kier molecular flexibility index (Phi) is 21.9. The first kappa shape index (κ1) is 25.7. The molecule has 0 unspecified atom stereocenters. The number of allylic oxidation sites excluding steroid dienone is 1. The minimum absolute atomic E-state index is 0.796. The van der Waals surface area contributed by atoms with Crippen molar-refractivity contribution in [3.63, 3.8) is 0 Å². The van der Waals surface area contributed by atoms with Gasteiger partial charge in [0.1, 0.15) is 0 Å². The van der Waals surface area contributed by atoms with E-state index in [-0.39, 0.29) is 0 Å². The third-order valence-corrected chi connectivity index (χ3v) is 3.77. The van der Waals surface area contributed by atoms with Gasteiger partial charge < -0.3 is 18.9 Å². The fourth-order valence-electron chi connectivity index (χ4n) is 2.20. The average Bonchev–Trinajstić information content (AvgIpc) is 2.62. The molecule has 0 aliphatic rings. The van der Waals surface area contributed by atoms with E-state index >= 15 is 0 Å². The first-order valence-corrected chi connectivity index (χ1v) is 9.58. The summed E-state index contributed by atoms with van der Waals surface area (Å²) in [6.45, 7) is 7.27. The van der Waals surface area contributed by atoms with E-state index in [1.807, 2.05) is 6.08 Å². The Bertz CT molecular complexity index is 242. The monoisotopic (exact) mass is 346 g/mol. The predicted octanol–water partition coefficient (Wildman–Crippen LogP) is 6.06. The van der Waals surface area contributed by atoms with Gasteiger partial charge in [-0.05, 0) is 19.3 Å². The Hall–Kier alpha value is -0.580. The van der Waals surface area contributed by atoms with Gasteiger partial charge in [-0.15, -0.1) is 0 Å². The molecule has 4 heteroatoms. The van der Waals surface area contributed by atoms with Crippen molar-refractivity contribution in [1.82, 2.24) is 0 Å². The van der Waals surface area contributed by atoms with Crippen LogP contribution in [0.15, 0.2) is 12.3 Å². The van der Waals surface area contributed by atoms with Gasteiger partial charge in [0, 0.05) is 27.8 Å². The summed E-state index contributed by atoms with van der Waals surface area (Å²) in [7, 11) is 4.86. The summed E-state index contributed by atoms with van der Waals surface area (Å²) in [6, 6.07) is 0. The average molecular weight is 347 g/mol. The predicted molar refractivity (Wildman–Crippen MR) is 102 cm³/mol. The zero-order valence-corrected chi connectivity index (χ0v) is 17.1. The van der Waals surface area contributed by atoms with Gasteiger partial charge >= 0.3 is 0 Å². The maximum absolute atomic E-state index is 5.24. The molecule has 0 N–H and O–H groups in total. The number of methoxy groups -OCH3 is 3. The molecule has 0 fully saturated rings. The molecule has 0 heterocycles. The lowest BCUT2D eigenvalue weighted by Crippen LogP contribution is -2.35. The summed E-state index contributed by atoms with van der Waals surface area (Å²) in [4.78, 5) is 0. The van der Waals surface area contributed by atoms with E-state index in [0.29, 0.717) is 0 Å². The lowest BCUT2D eigenvalue weighted by Gasteiger charge is -2.28. The fourth-order valence-corrected chi connectivity index (χ4v) is 2.20. The van der Waals surface area contributed by atoms with E-state index in [1.165, 1.54) is 38.5 Å². The van der Waals surface area contributed by atoms with Crippen molar-refractivity contribution < 1.29 is 18.9 Å². The highest BCUT2D eigenvalue weighted by atomic mass is 16.9. The highest BCUT2D eigenvalue weighted by molar-refractivity contribution is 4.69. The number of ether oxygens (including phenoxy) is 4. The molecule has 0 spiro atoms. The van der Waals surface area contributed by atoms with Gasteiger partial charge in [-0.25, -0.2) is 0 Å². The van der Waals surface area contributed by atoms with Gasteiger partial charge in [0.2, 0.25) is 0 Å². The molecule has 146 valence electrons. The van der Waals surface area contributed by atoms with Crippen LogP contribution in [0, 0.1) is 0 Å². The minimum atomic E-state index is -0.830. The van der Waals surface area contributed by atoms with E-state index in [9.17, 15) is 0 Å². The van der Waals surface area contributed by atoms with Crippen molar-refractivity contribution >= 4 is 0 Å². The molecule has 0 aliphatic heterocycles. The second kappa shape index (κ2) is 20.5. The van der Waals surface area contributed by atoms with Crippen LogP contribution >= 0.6 is 0 Å². The van der Waals surface area contributed by atoms with Gasteiger partial charge in [-0.2, -0.15) is 0 Å². The molecule has 0 aromatic rings. The molecular formula is C20H42O4. The maximum atomic E-state index is 5.24. The Labute approximate surface area is 150 Å². The molecule has 0 atom stereocenters.